The van der Waals surface area contributed by atoms with E-state index in [4.69, 9.17) is 0 Å². The Morgan fingerprint density at radius 3 is 2.67 bits per heavy atom. The van der Waals surface area contributed by atoms with Crippen molar-refractivity contribution in [3.8, 4) is 0 Å². The highest BCUT2D eigenvalue weighted by Gasteiger charge is 2.26. The Kier molecular flexibility index (Phi) is 5.91. The van der Waals surface area contributed by atoms with Gasteiger partial charge in [0.05, 0.1) is 15.9 Å². The van der Waals surface area contributed by atoms with Gasteiger partial charge in [0.25, 0.3) is 0 Å². The lowest BCUT2D eigenvalue weighted by molar-refractivity contribution is -0.132. The minimum atomic E-state index is 0.123. The van der Waals surface area contributed by atoms with Crippen LogP contribution in [0.5, 0.6) is 0 Å². The zero-order valence-electron chi connectivity index (χ0n) is 14.9. The third kappa shape index (κ3) is 4.59. The van der Waals surface area contributed by atoms with Crippen molar-refractivity contribution in [2.45, 2.75) is 25.8 Å². The van der Waals surface area contributed by atoms with Crippen molar-refractivity contribution in [1.82, 2.24) is 14.8 Å². The third-order valence-corrected chi connectivity index (χ3v) is 7.43. The molecule has 0 radical (unpaired) electrons. The van der Waals surface area contributed by atoms with E-state index in [0.717, 1.165) is 60.3 Å². The molecule has 2 aliphatic heterocycles. The molecule has 0 N–H and O–H groups in total. The Morgan fingerprint density at radius 1 is 1.19 bits per heavy atom. The molecule has 4 heterocycles. The first kappa shape index (κ1) is 19.0. The van der Waals surface area contributed by atoms with Crippen molar-refractivity contribution in [3.63, 3.8) is 0 Å². The molecular weight excluding hydrogens is 448 g/mol. The number of thiophene rings is 1. The lowest BCUT2D eigenvalue weighted by Crippen LogP contribution is -2.48. The number of hydrogen-bond acceptors (Lipinski definition) is 6. The lowest BCUT2D eigenvalue weighted by atomic mass is 10.2. The van der Waals surface area contributed by atoms with Crippen molar-refractivity contribution in [2.75, 3.05) is 37.6 Å². The molecule has 0 saturated carbocycles. The number of aromatic nitrogens is 1. The normalized spacial score (nSPS) is 18.5. The molecule has 144 valence electrons. The molecule has 0 unspecified atom stereocenters. The number of hydrogen-bond donors (Lipinski definition) is 0. The van der Waals surface area contributed by atoms with E-state index in [1.54, 1.807) is 16.2 Å². The molecule has 2 fully saturated rings. The van der Waals surface area contributed by atoms with Crippen molar-refractivity contribution >= 4 is 55.5 Å². The fourth-order valence-electron chi connectivity index (χ4n) is 3.43. The fraction of sp³-hybridized carbons (Fsp3) is 0.500. The molecule has 9 heteroatoms. The molecule has 0 atom stereocenters. The minimum absolute atomic E-state index is 0.123. The van der Waals surface area contributed by atoms with Crippen molar-refractivity contribution in [2.24, 2.45) is 0 Å². The van der Waals surface area contributed by atoms with Crippen molar-refractivity contribution in [3.05, 3.63) is 31.9 Å². The number of anilines is 1. The molecule has 0 bridgehead atoms. The zero-order chi connectivity index (χ0) is 18.8. The Morgan fingerprint density at radius 2 is 2.00 bits per heavy atom. The summed E-state index contributed by atoms with van der Waals surface area (Å²) in [5.41, 5.74) is 0.769. The third-order valence-electron chi connectivity index (χ3n) is 4.91. The molecule has 0 aliphatic carbocycles. The molecule has 4 rings (SSSR count). The summed E-state index contributed by atoms with van der Waals surface area (Å²) in [6.07, 6.45) is 1.80. The smallest absolute Gasteiger partial charge is 0.228 e. The molecule has 2 saturated heterocycles. The van der Waals surface area contributed by atoms with Gasteiger partial charge in [0, 0.05) is 55.9 Å². The summed E-state index contributed by atoms with van der Waals surface area (Å²) in [4.78, 5) is 36.4. The second-order valence-electron chi connectivity index (χ2n) is 6.81. The predicted octanol–water partition coefficient (Wildman–Crippen LogP) is 2.98. The monoisotopic (exact) mass is 468 g/mol. The Balaban J connectivity index is 1.27. The van der Waals surface area contributed by atoms with Crippen LogP contribution in [0.4, 0.5) is 5.13 Å². The van der Waals surface area contributed by atoms with Gasteiger partial charge in [0.2, 0.25) is 11.8 Å². The van der Waals surface area contributed by atoms with E-state index < -0.39 is 0 Å². The SMILES string of the molecule is O=C(Cc1csc(N2CCCC2=O)n1)N1CCN(Cc2ccc(Br)s2)CC1. The quantitative estimate of drug-likeness (QED) is 0.676. The van der Waals surface area contributed by atoms with Crippen molar-refractivity contribution in [1.29, 1.82) is 0 Å². The van der Waals surface area contributed by atoms with E-state index in [0.29, 0.717) is 12.8 Å². The first-order valence-corrected chi connectivity index (χ1v) is 11.6. The number of thiazole rings is 1. The molecule has 2 aromatic heterocycles. The first-order valence-electron chi connectivity index (χ1n) is 9.07. The Labute approximate surface area is 174 Å². The van der Waals surface area contributed by atoms with E-state index in [1.807, 2.05) is 10.3 Å². The predicted molar refractivity (Wildman–Crippen MR) is 111 cm³/mol. The van der Waals surface area contributed by atoms with Gasteiger partial charge in [-0.2, -0.15) is 0 Å². The minimum Gasteiger partial charge on any atom is -0.340 e. The van der Waals surface area contributed by atoms with Gasteiger partial charge in [-0.15, -0.1) is 22.7 Å². The van der Waals surface area contributed by atoms with Gasteiger partial charge in [0.15, 0.2) is 5.13 Å². The second kappa shape index (κ2) is 8.38. The maximum atomic E-state index is 12.6. The highest BCUT2D eigenvalue weighted by atomic mass is 79.9. The van der Waals surface area contributed by atoms with Crippen LogP contribution in [-0.4, -0.2) is 59.3 Å². The first-order chi connectivity index (χ1) is 13.1. The zero-order valence-corrected chi connectivity index (χ0v) is 18.1. The van der Waals surface area contributed by atoms with E-state index >= 15 is 0 Å². The van der Waals surface area contributed by atoms with Gasteiger partial charge in [-0.25, -0.2) is 4.98 Å². The van der Waals surface area contributed by atoms with Crippen LogP contribution in [0, 0.1) is 0 Å². The fourth-order valence-corrected chi connectivity index (χ4v) is 5.82. The van der Waals surface area contributed by atoms with Gasteiger partial charge in [-0.3, -0.25) is 19.4 Å². The molecule has 6 nitrogen and oxygen atoms in total. The van der Waals surface area contributed by atoms with Crippen LogP contribution in [0.3, 0.4) is 0 Å². The van der Waals surface area contributed by atoms with Crippen LogP contribution in [0.25, 0.3) is 0 Å². The summed E-state index contributed by atoms with van der Waals surface area (Å²) in [6.45, 7) is 4.98. The summed E-state index contributed by atoms with van der Waals surface area (Å²) >= 11 is 6.72. The van der Waals surface area contributed by atoms with Gasteiger partial charge < -0.3 is 4.90 Å². The van der Waals surface area contributed by atoms with E-state index in [9.17, 15) is 9.59 Å². The molecule has 0 aromatic carbocycles. The van der Waals surface area contributed by atoms with Crippen LogP contribution >= 0.6 is 38.6 Å². The topological polar surface area (TPSA) is 56.8 Å². The number of nitrogens with zero attached hydrogens (tertiary/aromatic N) is 4. The van der Waals surface area contributed by atoms with Crippen LogP contribution in [0.1, 0.15) is 23.4 Å². The van der Waals surface area contributed by atoms with E-state index in [1.165, 1.54) is 16.2 Å². The average Bonchev–Trinajstić information content (AvgIpc) is 3.37. The molecular formula is C18H21BrN4O2S2. The highest BCUT2D eigenvalue weighted by Crippen LogP contribution is 2.26. The summed E-state index contributed by atoms with van der Waals surface area (Å²) < 4.78 is 1.16. The van der Waals surface area contributed by atoms with Gasteiger partial charge in [-0.1, -0.05) is 0 Å². The molecule has 2 aliphatic rings. The number of piperazine rings is 1. The standard InChI is InChI=1S/C18H21BrN4O2S2/c19-15-4-3-14(27-15)11-21-6-8-22(9-7-21)17(25)10-13-12-26-18(20-13)23-5-1-2-16(23)24/h3-4,12H,1-2,5-11H2. The highest BCUT2D eigenvalue weighted by molar-refractivity contribution is 9.11. The molecule has 2 amide bonds. The molecule has 27 heavy (non-hydrogen) atoms. The van der Waals surface area contributed by atoms with Crippen LogP contribution in [0.15, 0.2) is 21.3 Å². The maximum absolute atomic E-state index is 12.6. The molecule has 2 aromatic rings. The summed E-state index contributed by atoms with van der Waals surface area (Å²) in [5.74, 6) is 0.259. The van der Waals surface area contributed by atoms with Crippen LogP contribution in [0.2, 0.25) is 0 Å². The Hall–Kier alpha value is -1.29. The van der Waals surface area contributed by atoms with E-state index in [-0.39, 0.29) is 11.8 Å². The van der Waals surface area contributed by atoms with Crippen LogP contribution < -0.4 is 4.90 Å². The summed E-state index contributed by atoms with van der Waals surface area (Å²) in [6, 6.07) is 4.23. The maximum Gasteiger partial charge on any atom is 0.228 e. The summed E-state index contributed by atoms with van der Waals surface area (Å²) in [7, 11) is 0. The largest absolute Gasteiger partial charge is 0.340 e. The van der Waals surface area contributed by atoms with Crippen LogP contribution in [-0.2, 0) is 22.6 Å². The lowest BCUT2D eigenvalue weighted by Gasteiger charge is -2.34. The average molecular weight is 469 g/mol. The number of carbonyl (C=O) groups is 2. The summed E-state index contributed by atoms with van der Waals surface area (Å²) in [5, 5.41) is 2.64. The van der Waals surface area contributed by atoms with Gasteiger partial charge >= 0.3 is 0 Å². The van der Waals surface area contributed by atoms with E-state index in [2.05, 4.69) is 37.9 Å². The van der Waals surface area contributed by atoms with Gasteiger partial charge in [-0.05, 0) is 34.5 Å². The van der Waals surface area contributed by atoms with Crippen molar-refractivity contribution < 1.29 is 9.59 Å². The Bertz CT molecular complexity index is 829. The number of amides is 2. The number of carbonyl (C=O) groups excluding carboxylic acids is 2. The molecule has 0 spiro atoms. The second-order valence-corrected chi connectivity index (χ2v) is 10.2. The van der Waals surface area contributed by atoms with Gasteiger partial charge in [0.1, 0.15) is 0 Å². The number of halogens is 1. The number of rotatable bonds is 5.